The van der Waals surface area contributed by atoms with Crippen LogP contribution < -0.4 is 0 Å². The van der Waals surface area contributed by atoms with Gasteiger partial charge in [-0.05, 0) is 18.1 Å². The van der Waals surface area contributed by atoms with Gasteiger partial charge < -0.3 is 5.11 Å². The van der Waals surface area contributed by atoms with E-state index in [0.29, 0.717) is 9.62 Å². The van der Waals surface area contributed by atoms with Crippen molar-refractivity contribution < 1.29 is 5.11 Å². The third-order valence-corrected chi connectivity index (χ3v) is 3.08. The molecule has 0 fully saturated rings. The van der Waals surface area contributed by atoms with Gasteiger partial charge in [0.15, 0.2) is 4.47 Å². The van der Waals surface area contributed by atoms with Crippen molar-refractivity contribution >= 4 is 40.6 Å². The summed E-state index contributed by atoms with van der Waals surface area (Å²) in [6.45, 7) is 2.01. The van der Waals surface area contributed by atoms with Gasteiger partial charge in [0.1, 0.15) is 5.15 Å². The number of rotatable bonds is 3. The minimum Gasteiger partial charge on any atom is -0.392 e. The van der Waals surface area contributed by atoms with E-state index in [1.54, 1.807) is 0 Å². The predicted octanol–water partition coefficient (Wildman–Crippen LogP) is 3.24. The van der Waals surface area contributed by atoms with Gasteiger partial charge in [0.05, 0.1) is 11.5 Å². The summed E-state index contributed by atoms with van der Waals surface area (Å²) >= 11 is 12.8. The maximum atomic E-state index is 8.92. The van der Waals surface area contributed by atoms with Gasteiger partial charge in [0.2, 0.25) is 0 Å². The van der Waals surface area contributed by atoms with E-state index in [4.69, 9.17) is 28.3 Å². The van der Waals surface area contributed by atoms with Crippen LogP contribution in [0, 0.1) is 0 Å². The number of hydrogen-bond acceptors (Lipinski definition) is 3. The van der Waals surface area contributed by atoms with Crippen LogP contribution >= 0.6 is 34.5 Å². The van der Waals surface area contributed by atoms with E-state index < -0.39 is 0 Å². The second-order valence-electron chi connectivity index (χ2n) is 2.44. The molecule has 0 atom stereocenters. The van der Waals surface area contributed by atoms with Crippen LogP contribution in [-0.2, 0) is 0 Å². The van der Waals surface area contributed by atoms with Crippen LogP contribution in [0.3, 0.4) is 0 Å². The van der Waals surface area contributed by atoms with E-state index in [1.807, 2.05) is 13.0 Å². The van der Waals surface area contributed by atoms with Gasteiger partial charge in [-0.1, -0.05) is 30.1 Å². The molecule has 0 bridgehead atoms. The fourth-order valence-corrected chi connectivity index (χ4v) is 2.18. The number of halogens is 2. The average Bonchev–Trinajstić information content (AvgIpc) is 2.41. The largest absolute Gasteiger partial charge is 0.392 e. The lowest BCUT2D eigenvalue weighted by atomic mass is 10.2. The Labute approximate surface area is 90.8 Å². The lowest BCUT2D eigenvalue weighted by molar-refractivity contribution is 0.329. The number of aliphatic hydroxyl groups is 1. The fourth-order valence-electron chi connectivity index (χ4n) is 0.822. The highest BCUT2D eigenvalue weighted by atomic mass is 35.5. The molecular weight excluding hydrogens is 229 g/mol. The van der Waals surface area contributed by atoms with Gasteiger partial charge in [0.25, 0.3) is 0 Å². The van der Waals surface area contributed by atoms with E-state index in [0.717, 1.165) is 16.9 Å². The highest BCUT2D eigenvalue weighted by Crippen LogP contribution is 2.28. The first-order valence-corrected chi connectivity index (χ1v) is 5.36. The summed E-state index contributed by atoms with van der Waals surface area (Å²) < 4.78 is 0.421. The van der Waals surface area contributed by atoms with Crippen molar-refractivity contribution in [2.24, 2.45) is 0 Å². The molecule has 0 saturated carbocycles. The zero-order chi connectivity index (χ0) is 9.84. The molecule has 13 heavy (non-hydrogen) atoms. The van der Waals surface area contributed by atoms with Crippen LogP contribution in [0.4, 0.5) is 0 Å². The Morgan fingerprint density at radius 2 is 2.31 bits per heavy atom. The summed E-state index contributed by atoms with van der Waals surface area (Å²) in [6.07, 6.45) is 2.62. The molecule has 2 nitrogen and oxygen atoms in total. The lowest BCUT2D eigenvalue weighted by Crippen LogP contribution is -1.86. The predicted molar refractivity (Wildman–Crippen MR) is 57.5 cm³/mol. The fraction of sp³-hybridized carbons (Fsp3) is 0.375. The molecule has 0 aliphatic rings. The van der Waals surface area contributed by atoms with Crippen molar-refractivity contribution in [3.63, 3.8) is 0 Å². The number of aromatic nitrogens is 1. The Hall–Kier alpha value is -0.0900. The van der Waals surface area contributed by atoms with E-state index in [2.05, 4.69) is 4.98 Å². The SMILES string of the molecule is CCC(=Cc1sc(Cl)nc1Cl)CO. The molecule has 1 aromatic rings. The maximum absolute atomic E-state index is 8.92. The molecule has 0 unspecified atom stereocenters. The molecule has 0 spiro atoms. The molecule has 1 N–H and O–H groups in total. The van der Waals surface area contributed by atoms with Crippen LogP contribution in [-0.4, -0.2) is 16.7 Å². The van der Waals surface area contributed by atoms with Gasteiger partial charge >= 0.3 is 0 Å². The van der Waals surface area contributed by atoms with E-state index >= 15 is 0 Å². The molecule has 1 heterocycles. The first kappa shape index (κ1) is 11.0. The molecule has 0 radical (unpaired) electrons. The third kappa shape index (κ3) is 2.95. The molecule has 0 aliphatic carbocycles. The van der Waals surface area contributed by atoms with Gasteiger partial charge in [-0.15, -0.1) is 11.3 Å². The van der Waals surface area contributed by atoms with E-state index in [9.17, 15) is 0 Å². The highest BCUT2D eigenvalue weighted by molar-refractivity contribution is 7.17. The molecule has 1 rings (SSSR count). The first-order chi connectivity index (χ1) is 6.17. The van der Waals surface area contributed by atoms with Gasteiger partial charge in [-0.25, -0.2) is 4.98 Å². The van der Waals surface area contributed by atoms with E-state index in [1.165, 1.54) is 11.3 Å². The Balaban J connectivity index is 2.95. The second-order valence-corrected chi connectivity index (χ2v) is 4.41. The summed E-state index contributed by atoms with van der Waals surface area (Å²) in [4.78, 5) is 4.66. The number of hydrogen-bond donors (Lipinski definition) is 1. The number of thiazole rings is 1. The molecule has 0 aromatic carbocycles. The van der Waals surface area contributed by atoms with Gasteiger partial charge in [0, 0.05) is 0 Å². The number of nitrogens with zero attached hydrogens (tertiary/aromatic N) is 1. The molecular formula is C8H9Cl2NOS. The monoisotopic (exact) mass is 237 g/mol. The van der Waals surface area contributed by atoms with Crippen LogP contribution in [0.15, 0.2) is 5.57 Å². The zero-order valence-corrected chi connectivity index (χ0v) is 9.38. The standard InChI is InChI=1S/C8H9Cl2NOS/c1-2-5(4-12)3-6-7(9)11-8(10)13-6/h3,12H,2,4H2,1H3. The minimum absolute atomic E-state index is 0.0440. The van der Waals surface area contributed by atoms with Crippen molar-refractivity contribution in [3.8, 4) is 0 Å². The van der Waals surface area contributed by atoms with Crippen molar-refractivity contribution in [1.29, 1.82) is 0 Å². The quantitative estimate of drug-likeness (QED) is 0.876. The maximum Gasteiger partial charge on any atom is 0.185 e. The summed E-state index contributed by atoms with van der Waals surface area (Å²) in [5.74, 6) is 0. The third-order valence-electron chi connectivity index (χ3n) is 1.58. The van der Waals surface area contributed by atoms with Crippen molar-refractivity contribution in [2.75, 3.05) is 6.61 Å². The zero-order valence-electron chi connectivity index (χ0n) is 7.05. The lowest BCUT2D eigenvalue weighted by Gasteiger charge is -1.96. The van der Waals surface area contributed by atoms with Crippen LogP contribution in [0.25, 0.3) is 6.08 Å². The highest BCUT2D eigenvalue weighted by Gasteiger charge is 2.05. The summed E-state index contributed by atoms with van der Waals surface area (Å²) in [7, 11) is 0. The molecule has 72 valence electrons. The van der Waals surface area contributed by atoms with Crippen molar-refractivity contribution in [2.45, 2.75) is 13.3 Å². The normalized spacial score (nSPS) is 12.2. The Morgan fingerprint density at radius 3 is 2.69 bits per heavy atom. The summed E-state index contributed by atoms with van der Waals surface area (Å²) in [5, 5.41) is 9.32. The summed E-state index contributed by atoms with van der Waals surface area (Å²) in [6, 6.07) is 0. The van der Waals surface area contributed by atoms with Crippen molar-refractivity contribution in [3.05, 3.63) is 20.1 Å². The molecule has 1 aromatic heterocycles. The Morgan fingerprint density at radius 1 is 1.62 bits per heavy atom. The Kier molecular flexibility index (Phi) is 4.19. The topological polar surface area (TPSA) is 33.1 Å². The first-order valence-electron chi connectivity index (χ1n) is 3.79. The Bertz CT molecular complexity index is 316. The van der Waals surface area contributed by atoms with E-state index in [-0.39, 0.29) is 6.61 Å². The molecule has 0 aliphatic heterocycles. The number of aliphatic hydroxyl groups excluding tert-OH is 1. The second kappa shape index (κ2) is 4.96. The van der Waals surface area contributed by atoms with Gasteiger partial charge in [-0.2, -0.15) is 0 Å². The van der Waals surface area contributed by atoms with Gasteiger partial charge in [-0.3, -0.25) is 0 Å². The molecule has 0 amide bonds. The minimum atomic E-state index is 0.0440. The molecule has 0 saturated heterocycles. The van der Waals surface area contributed by atoms with Crippen LogP contribution in [0.2, 0.25) is 9.62 Å². The van der Waals surface area contributed by atoms with Crippen molar-refractivity contribution in [1.82, 2.24) is 4.98 Å². The smallest absolute Gasteiger partial charge is 0.185 e. The van der Waals surface area contributed by atoms with Crippen LogP contribution in [0.5, 0.6) is 0 Å². The molecule has 5 heteroatoms. The van der Waals surface area contributed by atoms with Crippen LogP contribution in [0.1, 0.15) is 18.2 Å². The summed E-state index contributed by atoms with van der Waals surface area (Å²) in [5.41, 5.74) is 0.919. The average molecular weight is 238 g/mol.